The number of hydrogen-bond donors (Lipinski definition) is 1. The fraction of sp³-hybridized carbons (Fsp3) is 0.355. The van der Waals surface area contributed by atoms with E-state index in [4.69, 9.17) is 0 Å². The molecule has 0 heterocycles. The van der Waals surface area contributed by atoms with Crippen LogP contribution in [0, 0.1) is 13.8 Å². The molecule has 0 unspecified atom stereocenters. The molecule has 0 radical (unpaired) electrons. The second-order valence-corrected chi connectivity index (χ2v) is 12.8. The lowest BCUT2D eigenvalue weighted by molar-refractivity contribution is -0.139. The van der Waals surface area contributed by atoms with Gasteiger partial charge in [-0.3, -0.25) is 13.9 Å². The quantitative estimate of drug-likeness (QED) is 0.283. The molecule has 0 spiro atoms. The van der Waals surface area contributed by atoms with Crippen molar-refractivity contribution < 1.29 is 18.0 Å². The molecule has 9 heteroatoms. The van der Waals surface area contributed by atoms with Gasteiger partial charge in [0.1, 0.15) is 12.6 Å². The zero-order chi connectivity index (χ0) is 29.4. The first-order valence-electron chi connectivity index (χ1n) is 13.3. The van der Waals surface area contributed by atoms with E-state index in [0.29, 0.717) is 5.69 Å². The van der Waals surface area contributed by atoms with E-state index in [-0.39, 0.29) is 23.4 Å². The van der Waals surface area contributed by atoms with Crippen molar-refractivity contribution in [1.29, 1.82) is 0 Å². The lowest BCUT2D eigenvalue weighted by Gasteiger charge is -2.32. The van der Waals surface area contributed by atoms with E-state index in [1.807, 2.05) is 70.3 Å². The Kier molecular flexibility index (Phi) is 10.8. The highest BCUT2D eigenvalue weighted by molar-refractivity contribution is 7.98. The molecule has 40 heavy (non-hydrogen) atoms. The number of carbonyl (C=O) groups excluding carboxylic acids is 2. The Morgan fingerprint density at radius 1 is 0.925 bits per heavy atom. The highest BCUT2D eigenvalue weighted by atomic mass is 32.2. The highest BCUT2D eigenvalue weighted by Crippen LogP contribution is 2.26. The predicted molar refractivity (Wildman–Crippen MR) is 163 cm³/mol. The third-order valence-electron chi connectivity index (χ3n) is 6.85. The van der Waals surface area contributed by atoms with Gasteiger partial charge in [-0.25, -0.2) is 8.42 Å². The van der Waals surface area contributed by atoms with Crippen molar-refractivity contribution in [3.63, 3.8) is 0 Å². The third-order valence-corrected chi connectivity index (χ3v) is 9.38. The average molecular weight is 582 g/mol. The maximum Gasteiger partial charge on any atom is 0.264 e. The van der Waals surface area contributed by atoms with E-state index in [9.17, 15) is 18.0 Å². The Bertz CT molecular complexity index is 1410. The molecule has 3 aromatic rings. The van der Waals surface area contributed by atoms with E-state index in [1.165, 1.54) is 16.7 Å². The van der Waals surface area contributed by atoms with Gasteiger partial charge in [-0.05, 0) is 82.3 Å². The van der Waals surface area contributed by atoms with Crippen LogP contribution in [0.4, 0.5) is 5.69 Å². The summed E-state index contributed by atoms with van der Waals surface area (Å²) < 4.78 is 29.0. The maximum atomic E-state index is 14.0. The Labute approximate surface area is 243 Å². The Morgan fingerprint density at radius 3 is 2.15 bits per heavy atom. The van der Waals surface area contributed by atoms with Gasteiger partial charge in [-0.2, -0.15) is 0 Å². The van der Waals surface area contributed by atoms with E-state index >= 15 is 0 Å². The van der Waals surface area contributed by atoms with Crippen LogP contribution in [0.2, 0.25) is 0 Å². The molecule has 2 amide bonds. The van der Waals surface area contributed by atoms with Crippen molar-refractivity contribution in [1.82, 2.24) is 10.2 Å². The summed E-state index contributed by atoms with van der Waals surface area (Å²) in [7, 11) is -4.09. The van der Waals surface area contributed by atoms with Gasteiger partial charge in [0.05, 0.1) is 10.6 Å². The van der Waals surface area contributed by atoms with Crippen LogP contribution in [0.5, 0.6) is 0 Å². The number of nitrogens with zero attached hydrogens (tertiary/aromatic N) is 2. The molecule has 0 aromatic heterocycles. The summed E-state index contributed by atoms with van der Waals surface area (Å²) in [5.74, 6) is -0.758. The van der Waals surface area contributed by atoms with Crippen LogP contribution in [0.3, 0.4) is 0 Å². The van der Waals surface area contributed by atoms with Crippen LogP contribution in [0.25, 0.3) is 0 Å². The third kappa shape index (κ3) is 7.88. The molecular formula is C31H39N3O4S2. The molecule has 0 bridgehead atoms. The molecule has 0 aliphatic carbocycles. The molecule has 3 rings (SSSR count). The van der Waals surface area contributed by atoms with Crippen molar-refractivity contribution in [2.45, 2.75) is 69.5 Å². The monoisotopic (exact) mass is 581 g/mol. The molecule has 7 nitrogen and oxygen atoms in total. The van der Waals surface area contributed by atoms with Gasteiger partial charge < -0.3 is 10.2 Å². The zero-order valence-corrected chi connectivity index (χ0v) is 25.7. The number of amides is 2. The molecule has 0 saturated heterocycles. The second kappa shape index (κ2) is 13.9. The van der Waals surface area contributed by atoms with Crippen LogP contribution >= 0.6 is 11.8 Å². The summed E-state index contributed by atoms with van der Waals surface area (Å²) in [5.41, 5.74) is 3.22. The second-order valence-electron chi connectivity index (χ2n) is 10.0. The van der Waals surface area contributed by atoms with Gasteiger partial charge in [0.25, 0.3) is 10.0 Å². The number of nitrogens with one attached hydrogen (secondary N) is 1. The van der Waals surface area contributed by atoms with Crippen LogP contribution in [0.15, 0.2) is 82.6 Å². The number of rotatable bonds is 12. The molecule has 0 aliphatic heterocycles. The van der Waals surface area contributed by atoms with Gasteiger partial charge >= 0.3 is 0 Å². The topological polar surface area (TPSA) is 86.8 Å². The number of aryl methyl sites for hydroxylation is 2. The molecule has 0 fully saturated rings. The number of thioether (sulfide) groups is 1. The summed E-state index contributed by atoms with van der Waals surface area (Å²) in [4.78, 5) is 29.6. The maximum absolute atomic E-state index is 14.0. The lowest BCUT2D eigenvalue weighted by atomic mass is 10.1. The number of sulfonamides is 1. The summed E-state index contributed by atoms with van der Waals surface area (Å²) >= 11 is 1.52. The van der Waals surface area contributed by atoms with E-state index in [2.05, 4.69) is 5.32 Å². The van der Waals surface area contributed by atoms with Crippen molar-refractivity contribution in [2.24, 2.45) is 0 Å². The van der Waals surface area contributed by atoms with Crippen LogP contribution in [0.1, 0.15) is 43.9 Å². The van der Waals surface area contributed by atoms with Gasteiger partial charge in [0.15, 0.2) is 0 Å². The molecule has 0 aliphatic rings. The molecule has 3 aromatic carbocycles. The summed E-state index contributed by atoms with van der Waals surface area (Å²) in [5, 5.41) is 2.95. The van der Waals surface area contributed by atoms with Gasteiger partial charge in [-0.15, -0.1) is 11.8 Å². The van der Waals surface area contributed by atoms with Crippen molar-refractivity contribution in [2.75, 3.05) is 17.1 Å². The molecule has 214 valence electrons. The lowest BCUT2D eigenvalue weighted by Crippen LogP contribution is -2.52. The fourth-order valence-corrected chi connectivity index (χ4v) is 5.99. The molecule has 2 atom stereocenters. The number of hydrogen-bond acceptors (Lipinski definition) is 5. The van der Waals surface area contributed by atoms with Crippen LogP contribution < -0.4 is 9.62 Å². The first kappa shape index (κ1) is 31.2. The van der Waals surface area contributed by atoms with E-state index in [1.54, 1.807) is 43.3 Å². The Balaban J connectivity index is 2.02. The summed E-state index contributed by atoms with van der Waals surface area (Å²) in [6.07, 6.45) is 2.67. The minimum Gasteiger partial charge on any atom is -0.352 e. The fourth-order valence-electron chi connectivity index (χ4n) is 4.17. The van der Waals surface area contributed by atoms with Gasteiger partial charge in [-0.1, -0.05) is 54.4 Å². The molecule has 1 N–H and O–H groups in total. The summed E-state index contributed by atoms with van der Waals surface area (Å²) in [6.45, 7) is 9.14. The number of anilines is 1. The number of carbonyl (C=O) groups is 2. The number of benzene rings is 3. The molecular weight excluding hydrogens is 542 g/mol. The van der Waals surface area contributed by atoms with Crippen molar-refractivity contribution >= 4 is 39.3 Å². The standard InChI is InChI=1S/C31H39N3O4S2/c1-7-24(4)32-31(36)25(5)33(20-26-10-8-9-23(3)19-26)30(35)21-34(27-13-11-22(2)12-14-27)40(37,38)29-17-15-28(39-6)16-18-29/h8-19,24-25H,7,20-21H2,1-6H3,(H,32,36)/t24-,25+/m0/s1. The highest BCUT2D eigenvalue weighted by Gasteiger charge is 2.32. The normalized spacial score (nSPS) is 12.8. The molecule has 0 saturated carbocycles. The van der Waals surface area contributed by atoms with Crippen molar-refractivity contribution in [3.05, 3.63) is 89.5 Å². The largest absolute Gasteiger partial charge is 0.352 e. The van der Waals surface area contributed by atoms with E-state index < -0.39 is 28.5 Å². The SMILES string of the molecule is CC[C@H](C)NC(=O)[C@@H](C)N(Cc1cccc(C)c1)C(=O)CN(c1ccc(C)cc1)S(=O)(=O)c1ccc(SC)cc1. The van der Waals surface area contributed by atoms with Gasteiger partial charge in [0.2, 0.25) is 11.8 Å². The first-order chi connectivity index (χ1) is 19.0. The Morgan fingerprint density at radius 2 is 1.57 bits per heavy atom. The minimum atomic E-state index is -4.09. The Hall–Kier alpha value is -3.30. The minimum absolute atomic E-state index is 0.0560. The van der Waals surface area contributed by atoms with Crippen molar-refractivity contribution in [3.8, 4) is 0 Å². The van der Waals surface area contributed by atoms with Crippen LogP contribution in [-0.2, 0) is 26.2 Å². The smallest absolute Gasteiger partial charge is 0.264 e. The van der Waals surface area contributed by atoms with E-state index in [0.717, 1.165) is 32.3 Å². The zero-order valence-electron chi connectivity index (χ0n) is 24.0. The summed E-state index contributed by atoms with van der Waals surface area (Å²) in [6, 6.07) is 20.5. The first-order valence-corrected chi connectivity index (χ1v) is 16.0. The van der Waals surface area contributed by atoms with Crippen LogP contribution in [-0.4, -0.2) is 50.0 Å². The predicted octanol–water partition coefficient (Wildman–Crippen LogP) is 5.55. The average Bonchev–Trinajstić information content (AvgIpc) is 2.94. The van der Waals surface area contributed by atoms with Gasteiger partial charge in [0, 0.05) is 17.5 Å².